The van der Waals surface area contributed by atoms with Crippen molar-refractivity contribution in [3.63, 3.8) is 0 Å². The van der Waals surface area contributed by atoms with Crippen LogP contribution in [-0.2, 0) is 0 Å². The number of nitrogens with zero attached hydrogens (tertiary/aromatic N) is 1. The largest absolute Gasteiger partial charge is 0.439 e. The Morgan fingerprint density at radius 2 is 1.59 bits per heavy atom. The zero-order valence-corrected chi connectivity index (χ0v) is 8.96. The Labute approximate surface area is 97.4 Å². The van der Waals surface area contributed by atoms with Gasteiger partial charge in [-0.2, -0.15) is 4.98 Å². The van der Waals surface area contributed by atoms with E-state index >= 15 is 0 Å². The predicted molar refractivity (Wildman–Crippen MR) is 65.7 cm³/mol. The zero-order chi connectivity index (χ0) is 11.7. The number of para-hydroxylation sites is 1. The fourth-order valence-electron chi connectivity index (χ4n) is 1.84. The van der Waals surface area contributed by atoms with Gasteiger partial charge in [0, 0.05) is 10.9 Å². The highest BCUT2D eigenvalue weighted by Gasteiger charge is 2.07. The maximum absolute atomic E-state index is 11.4. The summed E-state index contributed by atoms with van der Waals surface area (Å²) in [5.74, 6) is -0.567. The van der Waals surface area contributed by atoms with Gasteiger partial charge in [0.15, 0.2) is 0 Å². The Kier molecular flexibility index (Phi) is 2.22. The number of benzene rings is 2. The van der Waals surface area contributed by atoms with Crippen LogP contribution in [0.25, 0.3) is 22.2 Å². The molecule has 2 aromatic carbocycles. The van der Waals surface area contributed by atoms with E-state index in [0.29, 0.717) is 11.3 Å². The van der Waals surface area contributed by atoms with Crippen molar-refractivity contribution in [3.05, 3.63) is 65.1 Å². The predicted octanol–water partition coefficient (Wildman–Crippen LogP) is 2.86. The van der Waals surface area contributed by atoms with E-state index < -0.39 is 5.76 Å². The van der Waals surface area contributed by atoms with Gasteiger partial charge in [0.1, 0.15) is 5.58 Å². The lowest BCUT2D eigenvalue weighted by Crippen LogP contribution is -2.05. The summed E-state index contributed by atoms with van der Waals surface area (Å²) in [4.78, 5) is 15.3. The number of aromatic nitrogens is 1. The molecule has 0 N–H and O–H groups in total. The first-order chi connectivity index (χ1) is 8.34. The first-order valence-corrected chi connectivity index (χ1v) is 5.30. The molecular weight excluding hydrogens is 214 g/mol. The van der Waals surface area contributed by atoms with E-state index in [-0.39, 0.29) is 0 Å². The Morgan fingerprint density at radius 1 is 0.882 bits per heavy atom. The smallest absolute Gasteiger partial charge is 0.408 e. The summed E-state index contributed by atoms with van der Waals surface area (Å²) in [7, 11) is 0. The lowest BCUT2D eigenvalue weighted by molar-refractivity contribution is 0.533. The van der Waals surface area contributed by atoms with E-state index in [0.717, 1.165) is 10.9 Å². The summed E-state index contributed by atoms with van der Waals surface area (Å²) in [5, 5.41) is 0.846. The van der Waals surface area contributed by atoms with Crippen molar-refractivity contribution in [1.29, 1.82) is 0 Å². The molecule has 3 heteroatoms. The fraction of sp³-hybridized carbons (Fsp3) is 0. The van der Waals surface area contributed by atoms with Crippen LogP contribution < -0.4 is 5.76 Å². The van der Waals surface area contributed by atoms with E-state index in [9.17, 15) is 4.79 Å². The van der Waals surface area contributed by atoms with Crippen molar-refractivity contribution in [2.75, 3.05) is 0 Å². The highest BCUT2D eigenvalue weighted by molar-refractivity contribution is 5.90. The van der Waals surface area contributed by atoms with E-state index in [2.05, 4.69) is 4.98 Å². The second kappa shape index (κ2) is 3.87. The molecule has 0 spiro atoms. The van der Waals surface area contributed by atoms with Crippen LogP contribution in [0.2, 0.25) is 0 Å². The second-order valence-electron chi connectivity index (χ2n) is 3.69. The maximum atomic E-state index is 11.4. The molecule has 17 heavy (non-hydrogen) atoms. The van der Waals surface area contributed by atoms with Crippen LogP contribution >= 0.6 is 0 Å². The molecule has 82 valence electrons. The van der Waals surface area contributed by atoms with Gasteiger partial charge >= 0.3 is 5.76 Å². The zero-order valence-electron chi connectivity index (χ0n) is 8.96. The average molecular weight is 223 g/mol. The van der Waals surface area contributed by atoms with Crippen molar-refractivity contribution >= 4 is 11.0 Å². The molecule has 1 aromatic heterocycles. The Bertz CT molecular complexity index is 717. The summed E-state index contributed by atoms with van der Waals surface area (Å²) in [6.07, 6.45) is 0. The number of fused-ring (bicyclic) bond motifs is 1. The summed E-state index contributed by atoms with van der Waals surface area (Å²) >= 11 is 0. The van der Waals surface area contributed by atoms with Crippen LogP contribution in [0.15, 0.2) is 63.8 Å². The van der Waals surface area contributed by atoms with Crippen LogP contribution in [0.4, 0.5) is 0 Å². The van der Waals surface area contributed by atoms with E-state index in [1.54, 1.807) is 6.07 Å². The molecule has 3 aromatic rings. The molecule has 0 saturated heterocycles. The van der Waals surface area contributed by atoms with Crippen LogP contribution in [0.1, 0.15) is 0 Å². The van der Waals surface area contributed by atoms with Gasteiger partial charge in [-0.25, -0.2) is 4.79 Å². The average Bonchev–Trinajstić information content (AvgIpc) is 2.39. The van der Waals surface area contributed by atoms with Crippen molar-refractivity contribution < 1.29 is 4.42 Å². The van der Waals surface area contributed by atoms with Gasteiger partial charge in [-0.15, -0.1) is 0 Å². The standard InChI is InChI=1S/C14H9NO2/c16-14-15-13(10-6-2-1-3-7-10)11-8-4-5-9-12(11)17-14/h1-9H. The third kappa shape index (κ3) is 1.72. The van der Waals surface area contributed by atoms with Crippen LogP contribution in [-0.4, -0.2) is 4.98 Å². The van der Waals surface area contributed by atoms with Crippen molar-refractivity contribution in [2.24, 2.45) is 0 Å². The monoisotopic (exact) mass is 223 g/mol. The van der Waals surface area contributed by atoms with Gasteiger partial charge < -0.3 is 4.42 Å². The summed E-state index contributed by atoms with van der Waals surface area (Å²) in [6.45, 7) is 0. The molecular formula is C14H9NO2. The van der Waals surface area contributed by atoms with E-state index in [4.69, 9.17) is 4.42 Å². The molecule has 3 nitrogen and oxygen atoms in total. The normalized spacial score (nSPS) is 10.6. The lowest BCUT2D eigenvalue weighted by atomic mass is 10.1. The highest BCUT2D eigenvalue weighted by atomic mass is 16.4. The van der Waals surface area contributed by atoms with Crippen molar-refractivity contribution in [3.8, 4) is 11.3 Å². The summed E-state index contributed by atoms with van der Waals surface area (Å²) < 4.78 is 5.06. The molecule has 0 saturated carbocycles. The van der Waals surface area contributed by atoms with Crippen molar-refractivity contribution in [2.45, 2.75) is 0 Å². The third-order valence-electron chi connectivity index (χ3n) is 2.59. The molecule has 3 rings (SSSR count). The minimum absolute atomic E-state index is 0.561. The van der Waals surface area contributed by atoms with E-state index in [1.165, 1.54) is 0 Å². The number of rotatable bonds is 1. The van der Waals surface area contributed by atoms with Crippen LogP contribution in [0, 0.1) is 0 Å². The minimum atomic E-state index is -0.567. The molecule has 0 aliphatic carbocycles. The molecule has 1 heterocycles. The van der Waals surface area contributed by atoms with Crippen molar-refractivity contribution in [1.82, 2.24) is 4.98 Å². The van der Waals surface area contributed by atoms with Gasteiger partial charge in [0.05, 0.1) is 5.69 Å². The minimum Gasteiger partial charge on any atom is -0.408 e. The lowest BCUT2D eigenvalue weighted by Gasteiger charge is -2.03. The van der Waals surface area contributed by atoms with E-state index in [1.807, 2.05) is 48.5 Å². The van der Waals surface area contributed by atoms with Crippen LogP contribution in [0.5, 0.6) is 0 Å². The second-order valence-corrected chi connectivity index (χ2v) is 3.69. The third-order valence-corrected chi connectivity index (χ3v) is 2.59. The van der Waals surface area contributed by atoms with Gasteiger partial charge in [-0.05, 0) is 12.1 Å². The molecule has 0 atom stereocenters. The number of hydrogen-bond donors (Lipinski definition) is 0. The molecule has 0 aliphatic heterocycles. The number of hydrogen-bond acceptors (Lipinski definition) is 3. The van der Waals surface area contributed by atoms with Gasteiger partial charge in [-0.1, -0.05) is 42.5 Å². The van der Waals surface area contributed by atoms with Gasteiger partial charge in [0.2, 0.25) is 0 Å². The maximum Gasteiger partial charge on any atom is 0.439 e. The van der Waals surface area contributed by atoms with Gasteiger partial charge in [-0.3, -0.25) is 0 Å². The Balaban J connectivity index is 2.40. The molecule has 0 unspecified atom stereocenters. The summed E-state index contributed by atoms with van der Waals surface area (Å²) in [5.41, 5.74) is 2.14. The first kappa shape index (κ1) is 9.78. The molecule has 0 bridgehead atoms. The molecule has 0 fully saturated rings. The highest BCUT2D eigenvalue weighted by Crippen LogP contribution is 2.24. The molecule has 0 radical (unpaired) electrons. The Morgan fingerprint density at radius 3 is 2.41 bits per heavy atom. The fourth-order valence-corrected chi connectivity index (χ4v) is 1.84. The molecule has 0 amide bonds. The quantitative estimate of drug-likeness (QED) is 0.637. The topological polar surface area (TPSA) is 43.1 Å². The summed E-state index contributed by atoms with van der Waals surface area (Å²) in [6, 6.07) is 17.0. The SMILES string of the molecule is O=c1nc(-c2ccccc2)c2ccccc2o1. The Hall–Kier alpha value is -2.42. The first-order valence-electron chi connectivity index (χ1n) is 5.30. The molecule has 0 aliphatic rings. The van der Waals surface area contributed by atoms with Crippen LogP contribution in [0.3, 0.4) is 0 Å². The van der Waals surface area contributed by atoms with Gasteiger partial charge in [0.25, 0.3) is 0 Å².